The molecule has 1 fully saturated rings. The Balaban J connectivity index is 1.74. The summed E-state index contributed by atoms with van der Waals surface area (Å²) in [5.74, 6) is 5.26. The number of hydrogen-bond acceptors (Lipinski definition) is 6. The van der Waals surface area contributed by atoms with E-state index in [0.717, 1.165) is 29.0 Å². The Bertz CT molecular complexity index is 881. The van der Waals surface area contributed by atoms with Gasteiger partial charge >= 0.3 is 0 Å². The topological polar surface area (TPSA) is 36.9 Å². The third-order valence-corrected chi connectivity index (χ3v) is 9.89. The Hall–Kier alpha value is -1.60. The van der Waals surface area contributed by atoms with Gasteiger partial charge in [0.25, 0.3) is 0 Å². The Morgan fingerprint density at radius 3 is 1.97 bits per heavy atom. The van der Waals surface area contributed by atoms with Crippen LogP contribution in [0.3, 0.4) is 0 Å². The minimum Gasteiger partial charge on any atom is -0.497 e. The molecule has 0 saturated carbocycles. The van der Waals surface area contributed by atoms with Crippen molar-refractivity contribution in [1.29, 1.82) is 0 Å². The molecule has 0 amide bonds. The van der Waals surface area contributed by atoms with Gasteiger partial charge in [-0.15, -0.1) is 30.1 Å². The standard InChI is InChI=1S/C30H42O4S2/c1-6-22(2)18-23(3)29(34-20-25-10-14-27(32-5)15-11-25)28(30-35-16-7-17-36-30)21-33-19-24-8-12-26(31-4)13-9-24/h6,8-15,22-23,28-30H,1,7,16-21H2,2-5H3/t22-,23-,28+,29+/m1/s1. The minimum absolute atomic E-state index is 0.0912. The molecule has 0 spiro atoms. The predicted molar refractivity (Wildman–Crippen MR) is 154 cm³/mol. The molecule has 6 heteroatoms. The number of allylic oxidation sites excluding steroid dienone is 1. The van der Waals surface area contributed by atoms with Crippen LogP contribution in [0.15, 0.2) is 61.2 Å². The molecule has 0 aliphatic carbocycles. The summed E-state index contributed by atoms with van der Waals surface area (Å²) in [5.41, 5.74) is 2.31. The van der Waals surface area contributed by atoms with Crippen LogP contribution in [0.5, 0.6) is 11.5 Å². The highest BCUT2D eigenvalue weighted by molar-refractivity contribution is 8.17. The maximum Gasteiger partial charge on any atom is 0.118 e. The average molecular weight is 531 g/mol. The SMILES string of the molecule is C=C[C@@H](C)C[C@@H](C)[C@H](OCc1ccc(OC)cc1)[C@H](COCc1ccc(OC)cc1)C1SCCCS1. The quantitative estimate of drug-likeness (QED) is 0.222. The number of rotatable bonds is 15. The van der Waals surface area contributed by atoms with Gasteiger partial charge in [-0.1, -0.05) is 44.2 Å². The maximum absolute atomic E-state index is 6.76. The van der Waals surface area contributed by atoms with Gasteiger partial charge in [-0.2, -0.15) is 0 Å². The largest absolute Gasteiger partial charge is 0.497 e. The van der Waals surface area contributed by atoms with Gasteiger partial charge in [-0.3, -0.25) is 0 Å². The van der Waals surface area contributed by atoms with E-state index in [0.29, 0.717) is 42.2 Å². The van der Waals surface area contributed by atoms with Crippen molar-refractivity contribution in [1.82, 2.24) is 0 Å². The lowest BCUT2D eigenvalue weighted by Crippen LogP contribution is -2.40. The van der Waals surface area contributed by atoms with E-state index in [1.54, 1.807) is 14.2 Å². The Kier molecular flexibility index (Phi) is 12.6. The molecule has 0 unspecified atom stereocenters. The summed E-state index contributed by atoms with van der Waals surface area (Å²) in [6.07, 6.45) is 4.46. The molecule has 1 aliphatic rings. The molecule has 36 heavy (non-hydrogen) atoms. The van der Waals surface area contributed by atoms with Gasteiger partial charge in [0.15, 0.2) is 0 Å². The Labute approximate surface area is 226 Å². The molecular formula is C30H42O4S2. The van der Waals surface area contributed by atoms with E-state index in [2.05, 4.69) is 74.3 Å². The lowest BCUT2D eigenvalue weighted by atomic mass is 9.86. The molecule has 1 heterocycles. The maximum atomic E-state index is 6.76. The van der Waals surface area contributed by atoms with Gasteiger partial charge in [-0.25, -0.2) is 0 Å². The Morgan fingerprint density at radius 1 is 0.889 bits per heavy atom. The van der Waals surface area contributed by atoms with Crippen LogP contribution in [-0.2, 0) is 22.7 Å². The van der Waals surface area contributed by atoms with Crippen LogP contribution in [0.25, 0.3) is 0 Å². The van der Waals surface area contributed by atoms with E-state index < -0.39 is 0 Å². The van der Waals surface area contributed by atoms with Crippen molar-refractivity contribution in [2.24, 2.45) is 17.8 Å². The van der Waals surface area contributed by atoms with Crippen molar-refractivity contribution >= 4 is 23.5 Å². The van der Waals surface area contributed by atoms with E-state index in [9.17, 15) is 0 Å². The number of methoxy groups -OCH3 is 2. The van der Waals surface area contributed by atoms with Crippen molar-refractivity contribution in [3.8, 4) is 11.5 Å². The van der Waals surface area contributed by atoms with Crippen molar-refractivity contribution in [2.75, 3.05) is 32.3 Å². The van der Waals surface area contributed by atoms with Crippen LogP contribution in [-0.4, -0.2) is 43.0 Å². The first-order valence-electron chi connectivity index (χ1n) is 12.8. The van der Waals surface area contributed by atoms with Gasteiger partial charge in [0.1, 0.15) is 11.5 Å². The van der Waals surface area contributed by atoms with Gasteiger partial charge in [0.2, 0.25) is 0 Å². The molecular weight excluding hydrogens is 488 g/mol. The average Bonchev–Trinajstić information content (AvgIpc) is 2.93. The van der Waals surface area contributed by atoms with E-state index in [4.69, 9.17) is 18.9 Å². The van der Waals surface area contributed by atoms with Crippen molar-refractivity contribution in [3.05, 3.63) is 72.3 Å². The van der Waals surface area contributed by atoms with Crippen molar-refractivity contribution in [2.45, 2.75) is 50.6 Å². The molecule has 1 saturated heterocycles. The molecule has 4 atom stereocenters. The van der Waals surface area contributed by atoms with E-state index in [-0.39, 0.29) is 6.10 Å². The number of ether oxygens (including phenoxy) is 4. The van der Waals surface area contributed by atoms with E-state index >= 15 is 0 Å². The van der Waals surface area contributed by atoms with Gasteiger partial charge in [0, 0.05) is 5.92 Å². The fraction of sp³-hybridized carbons (Fsp3) is 0.533. The van der Waals surface area contributed by atoms with E-state index in [1.807, 2.05) is 24.3 Å². The fourth-order valence-electron chi connectivity index (χ4n) is 4.56. The molecule has 2 aromatic carbocycles. The lowest BCUT2D eigenvalue weighted by Gasteiger charge is -2.38. The molecule has 1 aliphatic heterocycles. The van der Waals surface area contributed by atoms with Crippen LogP contribution in [0.4, 0.5) is 0 Å². The first kappa shape index (κ1) is 29.0. The highest BCUT2D eigenvalue weighted by Crippen LogP contribution is 2.41. The van der Waals surface area contributed by atoms with Crippen LogP contribution < -0.4 is 9.47 Å². The first-order valence-corrected chi connectivity index (χ1v) is 14.9. The van der Waals surface area contributed by atoms with Crippen LogP contribution in [0, 0.1) is 17.8 Å². The molecule has 0 N–H and O–H groups in total. The lowest BCUT2D eigenvalue weighted by molar-refractivity contribution is -0.0586. The normalized spacial score (nSPS) is 17.7. The summed E-state index contributed by atoms with van der Waals surface area (Å²) in [6.45, 7) is 10.4. The smallest absolute Gasteiger partial charge is 0.118 e. The third-order valence-electron chi connectivity index (χ3n) is 6.67. The second-order valence-corrected chi connectivity index (χ2v) is 12.3. The van der Waals surface area contributed by atoms with Gasteiger partial charge in [0.05, 0.1) is 44.7 Å². The molecule has 3 rings (SSSR count). The molecule has 0 aromatic heterocycles. The minimum atomic E-state index is 0.0912. The summed E-state index contributed by atoms with van der Waals surface area (Å²) in [7, 11) is 3.39. The summed E-state index contributed by atoms with van der Waals surface area (Å²) in [5, 5.41) is 0. The summed E-state index contributed by atoms with van der Waals surface area (Å²) in [6, 6.07) is 16.3. The summed E-state index contributed by atoms with van der Waals surface area (Å²) < 4.78 is 24.2. The van der Waals surface area contributed by atoms with E-state index in [1.165, 1.54) is 17.9 Å². The highest BCUT2D eigenvalue weighted by atomic mass is 32.2. The highest BCUT2D eigenvalue weighted by Gasteiger charge is 2.36. The third kappa shape index (κ3) is 9.05. The molecule has 0 bridgehead atoms. The zero-order valence-electron chi connectivity index (χ0n) is 22.2. The zero-order chi connectivity index (χ0) is 25.8. The molecule has 0 radical (unpaired) electrons. The second-order valence-electron chi connectivity index (χ2n) is 9.54. The summed E-state index contributed by atoms with van der Waals surface area (Å²) in [4.78, 5) is 0. The Morgan fingerprint density at radius 2 is 1.44 bits per heavy atom. The van der Waals surface area contributed by atoms with Crippen LogP contribution in [0.1, 0.15) is 37.8 Å². The zero-order valence-corrected chi connectivity index (χ0v) is 23.8. The second kappa shape index (κ2) is 15.6. The number of benzene rings is 2. The first-order chi connectivity index (χ1) is 17.5. The van der Waals surface area contributed by atoms with Gasteiger partial charge in [-0.05, 0) is 71.6 Å². The van der Waals surface area contributed by atoms with Crippen molar-refractivity contribution < 1.29 is 18.9 Å². The van der Waals surface area contributed by atoms with Crippen molar-refractivity contribution in [3.63, 3.8) is 0 Å². The number of hydrogen-bond donors (Lipinski definition) is 0. The summed E-state index contributed by atoms with van der Waals surface area (Å²) >= 11 is 4.14. The molecule has 198 valence electrons. The molecule has 2 aromatic rings. The molecule has 4 nitrogen and oxygen atoms in total. The monoisotopic (exact) mass is 530 g/mol. The fourth-order valence-corrected chi connectivity index (χ4v) is 7.75. The predicted octanol–water partition coefficient (Wildman–Crippen LogP) is 7.47. The van der Waals surface area contributed by atoms with Crippen LogP contribution in [0.2, 0.25) is 0 Å². The number of thioether (sulfide) groups is 2. The van der Waals surface area contributed by atoms with Crippen LogP contribution >= 0.6 is 23.5 Å². The van der Waals surface area contributed by atoms with Gasteiger partial charge < -0.3 is 18.9 Å².